The Balaban J connectivity index is 2.22. The molecule has 1 amide bonds. The number of rotatable bonds is 5. The first-order valence-corrected chi connectivity index (χ1v) is 5.92. The van der Waals surface area contributed by atoms with Crippen LogP contribution >= 0.6 is 0 Å². The van der Waals surface area contributed by atoms with Crippen molar-refractivity contribution in [2.75, 3.05) is 33.9 Å². The zero-order chi connectivity index (χ0) is 13.0. The minimum Gasteiger partial charge on any atom is -0.496 e. The van der Waals surface area contributed by atoms with Gasteiger partial charge >= 0.3 is 0 Å². The summed E-state index contributed by atoms with van der Waals surface area (Å²) in [6.45, 7) is 1.45. The van der Waals surface area contributed by atoms with Gasteiger partial charge in [-0.15, -0.1) is 0 Å². The number of nitrogens with zero attached hydrogens (tertiary/aromatic N) is 1. The number of methoxy groups -OCH3 is 2. The van der Waals surface area contributed by atoms with Crippen molar-refractivity contribution >= 4 is 5.91 Å². The van der Waals surface area contributed by atoms with Gasteiger partial charge in [0.05, 0.1) is 20.3 Å². The van der Waals surface area contributed by atoms with E-state index in [1.54, 1.807) is 19.1 Å². The highest BCUT2D eigenvalue weighted by Gasteiger charge is 2.32. The van der Waals surface area contributed by atoms with Crippen molar-refractivity contribution in [3.05, 3.63) is 29.8 Å². The largest absolute Gasteiger partial charge is 0.496 e. The molecule has 1 fully saturated rings. The summed E-state index contributed by atoms with van der Waals surface area (Å²) in [6.07, 6.45) is -0.135. The van der Waals surface area contributed by atoms with Gasteiger partial charge in [-0.25, -0.2) is 0 Å². The van der Waals surface area contributed by atoms with E-state index in [4.69, 9.17) is 9.47 Å². The number of para-hydroxylation sites is 1. The van der Waals surface area contributed by atoms with Crippen LogP contribution in [0.2, 0.25) is 0 Å². The Kier molecular flexibility index (Phi) is 4.17. The van der Waals surface area contributed by atoms with Gasteiger partial charge in [0.1, 0.15) is 11.9 Å². The smallest absolute Gasteiger partial charge is 0.238 e. The van der Waals surface area contributed by atoms with E-state index in [-0.39, 0.29) is 12.1 Å². The van der Waals surface area contributed by atoms with Crippen LogP contribution in [0.4, 0.5) is 0 Å². The molecule has 1 atom stereocenters. The molecule has 2 rings (SSSR count). The van der Waals surface area contributed by atoms with Gasteiger partial charge in [-0.05, 0) is 6.07 Å². The normalized spacial score (nSPS) is 19.3. The zero-order valence-corrected chi connectivity index (χ0v) is 10.7. The van der Waals surface area contributed by atoms with Crippen molar-refractivity contribution in [1.82, 2.24) is 10.2 Å². The monoisotopic (exact) mass is 250 g/mol. The van der Waals surface area contributed by atoms with E-state index in [2.05, 4.69) is 5.32 Å². The Morgan fingerprint density at radius 1 is 1.39 bits per heavy atom. The molecule has 0 spiro atoms. The summed E-state index contributed by atoms with van der Waals surface area (Å²) in [7, 11) is 3.27. The maximum Gasteiger partial charge on any atom is 0.238 e. The average molecular weight is 250 g/mol. The van der Waals surface area contributed by atoms with Crippen molar-refractivity contribution in [3.63, 3.8) is 0 Å². The Morgan fingerprint density at radius 2 is 2.17 bits per heavy atom. The van der Waals surface area contributed by atoms with E-state index in [0.717, 1.165) is 11.3 Å². The predicted octanol–water partition coefficient (Wildman–Crippen LogP) is 0.772. The van der Waals surface area contributed by atoms with Crippen LogP contribution in [0.1, 0.15) is 11.7 Å². The number of benzene rings is 1. The predicted molar refractivity (Wildman–Crippen MR) is 67.3 cm³/mol. The summed E-state index contributed by atoms with van der Waals surface area (Å²) >= 11 is 0. The molecule has 1 N–H and O–H groups in total. The first-order chi connectivity index (χ1) is 8.77. The van der Waals surface area contributed by atoms with E-state index < -0.39 is 0 Å². The fourth-order valence-electron chi connectivity index (χ4n) is 2.15. The molecule has 1 heterocycles. The molecule has 0 radical (unpaired) electrons. The molecule has 98 valence electrons. The van der Waals surface area contributed by atoms with Crippen molar-refractivity contribution in [1.29, 1.82) is 0 Å². The molecular formula is C13H18N2O3. The van der Waals surface area contributed by atoms with Gasteiger partial charge in [0, 0.05) is 19.2 Å². The lowest BCUT2D eigenvalue weighted by atomic mass is 10.1. The number of ether oxygens (including phenoxy) is 2. The second-order valence-corrected chi connectivity index (χ2v) is 4.11. The summed E-state index contributed by atoms with van der Waals surface area (Å²) in [6, 6.07) is 7.72. The van der Waals surface area contributed by atoms with Gasteiger partial charge in [0.2, 0.25) is 5.91 Å². The van der Waals surface area contributed by atoms with Crippen LogP contribution in [0, 0.1) is 0 Å². The van der Waals surface area contributed by atoms with Gasteiger partial charge in [-0.3, -0.25) is 10.1 Å². The summed E-state index contributed by atoms with van der Waals surface area (Å²) in [5.41, 5.74) is 0.974. The first-order valence-electron chi connectivity index (χ1n) is 5.92. The molecular weight excluding hydrogens is 232 g/mol. The van der Waals surface area contributed by atoms with Crippen LogP contribution < -0.4 is 10.1 Å². The standard InChI is InChI=1S/C13H18N2O3/c1-17-8-7-15-12(16)9-14-13(15)10-5-3-4-6-11(10)18-2/h3-6,13-14H,7-9H2,1-2H3. The third-order valence-electron chi connectivity index (χ3n) is 3.05. The van der Waals surface area contributed by atoms with E-state index in [9.17, 15) is 4.79 Å². The average Bonchev–Trinajstić information content (AvgIpc) is 2.77. The van der Waals surface area contributed by atoms with E-state index >= 15 is 0 Å². The number of carbonyl (C=O) groups is 1. The van der Waals surface area contributed by atoms with Gasteiger partial charge < -0.3 is 14.4 Å². The molecule has 18 heavy (non-hydrogen) atoms. The maximum atomic E-state index is 11.8. The molecule has 0 aliphatic carbocycles. The number of hydrogen-bond donors (Lipinski definition) is 1. The Hall–Kier alpha value is -1.59. The lowest BCUT2D eigenvalue weighted by molar-refractivity contribution is -0.128. The highest BCUT2D eigenvalue weighted by molar-refractivity contribution is 5.81. The topological polar surface area (TPSA) is 50.8 Å². The van der Waals surface area contributed by atoms with E-state index in [1.165, 1.54) is 0 Å². The minimum absolute atomic E-state index is 0.0861. The fourth-order valence-corrected chi connectivity index (χ4v) is 2.15. The van der Waals surface area contributed by atoms with Gasteiger partial charge in [0.25, 0.3) is 0 Å². The summed E-state index contributed by atoms with van der Waals surface area (Å²) < 4.78 is 10.4. The van der Waals surface area contributed by atoms with Crippen molar-refractivity contribution < 1.29 is 14.3 Å². The summed E-state index contributed by atoms with van der Waals surface area (Å²) in [5.74, 6) is 0.870. The first kappa shape index (κ1) is 12.9. The lowest BCUT2D eigenvalue weighted by Crippen LogP contribution is -2.33. The highest BCUT2D eigenvalue weighted by atomic mass is 16.5. The molecule has 5 nitrogen and oxygen atoms in total. The zero-order valence-electron chi connectivity index (χ0n) is 10.7. The minimum atomic E-state index is -0.135. The second kappa shape index (κ2) is 5.84. The van der Waals surface area contributed by atoms with Crippen LogP contribution in [-0.2, 0) is 9.53 Å². The second-order valence-electron chi connectivity index (χ2n) is 4.11. The summed E-state index contributed by atoms with van der Waals surface area (Å²) in [5, 5.41) is 3.20. The molecule has 0 bridgehead atoms. The summed E-state index contributed by atoms with van der Waals surface area (Å²) in [4.78, 5) is 13.6. The lowest BCUT2D eigenvalue weighted by Gasteiger charge is -2.25. The van der Waals surface area contributed by atoms with Crippen LogP contribution in [-0.4, -0.2) is 44.7 Å². The quantitative estimate of drug-likeness (QED) is 0.838. The number of amides is 1. The van der Waals surface area contributed by atoms with Crippen LogP contribution in [0.5, 0.6) is 5.75 Å². The molecule has 1 aliphatic rings. The van der Waals surface area contributed by atoms with Crippen LogP contribution in [0.3, 0.4) is 0 Å². The van der Waals surface area contributed by atoms with E-state index in [0.29, 0.717) is 19.7 Å². The number of nitrogens with one attached hydrogen (secondary N) is 1. The van der Waals surface area contributed by atoms with Crippen molar-refractivity contribution in [2.24, 2.45) is 0 Å². The van der Waals surface area contributed by atoms with Gasteiger partial charge in [-0.1, -0.05) is 18.2 Å². The van der Waals surface area contributed by atoms with Gasteiger partial charge in [-0.2, -0.15) is 0 Å². The molecule has 0 aromatic heterocycles. The molecule has 1 aromatic rings. The SMILES string of the molecule is COCCN1C(=O)CNC1c1ccccc1OC. The van der Waals surface area contributed by atoms with E-state index in [1.807, 2.05) is 24.3 Å². The van der Waals surface area contributed by atoms with Gasteiger partial charge in [0.15, 0.2) is 0 Å². The highest BCUT2D eigenvalue weighted by Crippen LogP contribution is 2.29. The Morgan fingerprint density at radius 3 is 2.89 bits per heavy atom. The third kappa shape index (κ3) is 2.47. The van der Waals surface area contributed by atoms with Crippen LogP contribution in [0.15, 0.2) is 24.3 Å². The molecule has 5 heteroatoms. The third-order valence-corrected chi connectivity index (χ3v) is 3.05. The molecule has 1 saturated heterocycles. The molecule has 1 aliphatic heterocycles. The van der Waals surface area contributed by atoms with Crippen molar-refractivity contribution in [3.8, 4) is 5.75 Å². The van der Waals surface area contributed by atoms with Crippen LogP contribution in [0.25, 0.3) is 0 Å². The Bertz CT molecular complexity index is 422. The molecule has 1 unspecified atom stereocenters. The fraction of sp³-hybridized carbons (Fsp3) is 0.462. The molecule has 1 aromatic carbocycles. The maximum absolute atomic E-state index is 11.8. The molecule has 0 saturated carbocycles. The Labute approximate surface area is 107 Å². The number of hydrogen-bond acceptors (Lipinski definition) is 4. The van der Waals surface area contributed by atoms with Crippen molar-refractivity contribution in [2.45, 2.75) is 6.17 Å². The number of carbonyl (C=O) groups excluding carboxylic acids is 1.